The highest BCUT2D eigenvalue weighted by molar-refractivity contribution is 5.96. The average Bonchev–Trinajstić information content (AvgIpc) is 3.33. The van der Waals surface area contributed by atoms with E-state index in [0.717, 1.165) is 0 Å². The first kappa shape index (κ1) is 33.8. The smallest absolute Gasteiger partial charge is 0.326 e. The number of carbonyl (C=O) groups is 6. The van der Waals surface area contributed by atoms with E-state index in [1.54, 1.807) is 20.8 Å². The quantitative estimate of drug-likeness (QED) is 0.161. The minimum absolute atomic E-state index is 0.207. The predicted octanol–water partition coefficient (Wildman–Crippen LogP) is 0.0666. The molecule has 6 atom stereocenters. The SMILES string of the molecule is CC[C@H](C)[C@H](NC(=O)[C@@H]1CCCN1C(=O)[C@@H](N)CC(C)C)C(=O)N[C@H](C(=O)N[C@@H](CC(=O)O)C(=O)O)C(C)C. The molecule has 0 radical (unpaired) electrons. The number of nitrogens with two attached hydrogens (primary N) is 1. The van der Waals surface area contributed by atoms with Crippen LogP contribution in [-0.2, 0) is 28.8 Å². The van der Waals surface area contributed by atoms with Crippen LogP contribution in [0.25, 0.3) is 0 Å². The Hall–Kier alpha value is -3.22. The number of nitrogens with zero attached hydrogens (tertiary/aromatic N) is 1. The number of likely N-dealkylation sites (tertiary alicyclic amines) is 1. The van der Waals surface area contributed by atoms with Crippen molar-refractivity contribution in [2.45, 2.75) is 104 Å². The van der Waals surface area contributed by atoms with E-state index in [0.29, 0.717) is 32.2 Å². The van der Waals surface area contributed by atoms with Gasteiger partial charge in [0.15, 0.2) is 0 Å². The highest BCUT2D eigenvalue weighted by Crippen LogP contribution is 2.21. The van der Waals surface area contributed by atoms with Crippen molar-refractivity contribution in [2.75, 3.05) is 6.54 Å². The Balaban J connectivity index is 3.05. The van der Waals surface area contributed by atoms with Gasteiger partial charge in [-0.3, -0.25) is 24.0 Å². The zero-order valence-electron chi connectivity index (χ0n) is 23.7. The number of hydrogen-bond donors (Lipinski definition) is 6. The highest BCUT2D eigenvalue weighted by atomic mass is 16.4. The maximum Gasteiger partial charge on any atom is 0.326 e. The number of carbonyl (C=O) groups excluding carboxylic acids is 4. The highest BCUT2D eigenvalue weighted by Gasteiger charge is 2.39. The van der Waals surface area contributed by atoms with Crippen LogP contribution in [0, 0.1) is 17.8 Å². The lowest BCUT2D eigenvalue weighted by atomic mass is 9.96. The molecular formula is C26H45N5O8. The molecule has 1 aliphatic heterocycles. The molecule has 0 saturated carbocycles. The van der Waals surface area contributed by atoms with Gasteiger partial charge in [-0.15, -0.1) is 0 Å². The van der Waals surface area contributed by atoms with E-state index in [-0.39, 0.29) is 17.7 Å². The molecule has 0 bridgehead atoms. The number of carboxylic acid groups (broad SMARTS) is 2. The van der Waals surface area contributed by atoms with Crippen molar-refractivity contribution in [3.8, 4) is 0 Å². The van der Waals surface area contributed by atoms with Crippen molar-refractivity contribution < 1.29 is 39.0 Å². The van der Waals surface area contributed by atoms with Crippen molar-refractivity contribution in [3.05, 3.63) is 0 Å². The van der Waals surface area contributed by atoms with Crippen LogP contribution in [0.2, 0.25) is 0 Å². The molecule has 0 aromatic heterocycles. The molecule has 0 spiro atoms. The van der Waals surface area contributed by atoms with Crippen molar-refractivity contribution in [3.63, 3.8) is 0 Å². The third-order valence-corrected chi connectivity index (χ3v) is 6.91. The first-order chi connectivity index (χ1) is 18.1. The zero-order chi connectivity index (χ0) is 30.0. The Morgan fingerprint density at radius 1 is 0.923 bits per heavy atom. The maximum atomic E-state index is 13.3. The second-order valence-electron chi connectivity index (χ2n) is 11.0. The number of carboxylic acids is 2. The number of hydrogen-bond acceptors (Lipinski definition) is 7. The molecular weight excluding hydrogens is 510 g/mol. The topological polar surface area (TPSA) is 208 Å². The molecule has 0 unspecified atom stereocenters. The van der Waals surface area contributed by atoms with Crippen molar-refractivity contribution in [1.29, 1.82) is 0 Å². The standard InChI is InChI=1S/C26H45N5O8/c1-7-15(6)21(30-22(34)18-9-8-10-31(18)25(37)16(27)11-13(2)3)24(36)29-20(14(4)5)23(35)28-17(26(38)39)12-19(32)33/h13-18,20-21H,7-12,27H2,1-6H3,(H,28,35)(H,29,36)(H,30,34)(H,32,33)(H,38,39)/t15-,16-,17-,18-,20-,21-/m0/s1. The minimum Gasteiger partial charge on any atom is -0.481 e. The van der Waals surface area contributed by atoms with Gasteiger partial charge in [-0.05, 0) is 37.0 Å². The first-order valence-electron chi connectivity index (χ1n) is 13.5. The molecule has 222 valence electrons. The summed E-state index contributed by atoms with van der Waals surface area (Å²) in [5.41, 5.74) is 6.08. The van der Waals surface area contributed by atoms with Gasteiger partial charge >= 0.3 is 11.9 Å². The molecule has 1 fully saturated rings. The molecule has 1 saturated heterocycles. The van der Waals surface area contributed by atoms with E-state index >= 15 is 0 Å². The van der Waals surface area contributed by atoms with Gasteiger partial charge in [0.05, 0.1) is 12.5 Å². The third-order valence-electron chi connectivity index (χ3n) is 6.91. The van der Waals surface area contributed by atoms with E-state index in [9.17, 15) is 33.9 Å². The molecule has 13 heteroatoms. The molecule has 4 amide bonds. The summed E-state index contributed by atoms with van der Waals surface area (Å²) in [6.07, 6.45) is 1.22. The lowest BCUT2D eigenvalue weighted by Crippen LogP contribution is -2.60. The van der Waals surface area contributed by atoms with Gasteiger partial charge in [0.25, 0.3) is 0 Å². The number of rotatable bonds is 15. The fraction of sp³-hybridized carbons (Fsp3) is 0.769. The Morgan fingerprint density at radius 3 is 2.00 bits per heavy atom. The van der Waals surface area contributed by atoms with Gasteiger partial charge in [0, 0.05) is 6.54 Å². The van der Waals surface area contributed by atoms with E-state index in [1.165, 1.54) is 4.90 Å². The summed E-state index contributed by atoms with van der Waals surface area (Å²) in [7, 11) is 0. The maximum absolute atomic E-state index is 13.3. The molecule has 39 heavy (non-hydrogen) atoms. The average molecular weight is 556 g/mol. The number of nitrogens with one attached hydrogen (secondary N) is 3. The second-order valence-corrected chi connectivity index (χ2v) is 11.0. The Bertz CT molecular complexity index is 909. The Morgan fingerprint density at radius 2 is 1.51 bits per heavy atom. The molecule has 0 aliphatic carbocycles. The predicted molar refractivity (Wildman–Crippen MR) is 142 cm³/mol. The molecule has 1 aliphatic rings. The molecule has 7 N–H and O–H groups in total. The summed E-state index contributed by atoms with van der Waals surface area (Å²) in [4.78, 5) is 76.2. The monoisotopic (exact) mass is 555 g/mol. The minimum atomic E-state index is -1.67. The fourth-order valence-electron chi connectivity index (χ4n) is 4.49. The largest absolute Gasteiger partial charge is 0.481 e. The first-order valence-corrected chi connectivity index (χ1v) is 13.5. The fourth-order valence-corrected chi connectivity index (χ4v) is 4.49. The van der Waals surface area contributed by atoms with Crippen LogP contribution in [0.3, 0.4) is 0 Å². The van der Waals surface area contributed by atoms with E-state index in [4.69, 9.17) is 10.8 Å². The molecule has 0 aromatic carbocycles. The van der Waals surface area contributed by atoms with Crippen LogP contribution in [-0.4, -0.2) is 87.4 Å². The Kier molecular flexibility index (Phi) is 13.3. The van der Waals surface area contributed by atoms with Crippen molar-refractivity contribution >= 4 is 35.6 Å². The number of amides is 4. The summed E-state index contributed by atoms with van der Waals surface area (Å²) in [6, 6.07) is -5.39. The molecule has 1 heterocycles. The van der Waals surface area contributed by atoms with E-state index < -0.39 is 72.2 Å². The van der Waals surface area contributed by atoms with Gasteiger partial charge in [-0.1, -0.05) is 48.0 Å². The molecule has 1 rings (SSSR count). The van der Waals surface area contributed by atoms with Gasteiger partial charge in [-0.2, -0.15) is 0 Å². The van der Waals surface area contributed by atoms with Crippen LogP contribution in [0.5, 0.6) is 0 Å². The summed E-state index contributed by atoms with van der Waals surface area (Å²) >= 11 is 0. The van der Waals surface area contributed by atoms with Gasteiger partial charge in [0.2, 0.25) is 23.6 Å². The lowest BCUT2D eigenvalue weighted by Gasteiger charge is -2.31. The number of aliphatic carboxylic acids is 2. The van der Waals surface area contributed by atoms with Gasteiger partial charge in [-0.25, -0.2) is 4.79 Å². The van der Waals surface area contributed by atoms with Crippen molar-refractivity contribution in [2.24, 2.45) is 23.5 Å². The van der Waals surface area contributed by atoms with E-state index in [2.05, 4.69) is 16.0 Å². The zero-order valence-corrected chi connectivity index (χ0v) is 23.7. The molecule has 0 aromatic rings. The van der Waals surface area contributed by atoms with Crippen LogP contribution in [0.15, 0.2) is 0 Å². The summed E-state index contributed by atoms with van der Waals surface area (Å²) in [5.74, 6) is -5.84. The summed E-state index contributed by atoms with van der Waals surface area (Å²) < 4.78 is 0. The second kappa shape index (κ2) is 15.4. The van der Waals surface area contributed by atoms with Gasteiger partial charge in [0.1, 0.15) is 24.2 Å². The molecule has 13 nitrogen and oxygen atoms in total. The van der Waals surface area contributed by atoms with Crippen molar-refractivity contribution in [1.82, 2.24) is 20.9 Å². The third kappa shape index (κ3) is 10.1. The van der Waals surface area contributed by atoms with Crippen LogP contribution < -0.4 is 21.7 Å². The summed E-state index contributed by atoms with van der Waals surface area (Å²) in [6.45, 7) is 11.2. The van der Waals surface area contributed by atoms with Crippen LogP contribution >= 0.6 is 0 Å². The van der Waals surface area contributed by atoms with Crippen LogP contribution in [0.4, 0.5) is 0 Å². The normalized spacial score (nSPS) is 19.1. The van der Waals surface area contributed by atoms with Crippen LogP contribution in [0.1, 0.15) is 73.6 Å². The Labute approximate surface area is 229 Å². The lowest BCUT2D eigenvalue weighted by molar-refractivity contribution is -0.147. The summed E-state index contributed by atoms with van der Waals surface area (Å²) in [5, 5.41) is 25.7. The van der Waals surface area contributed by atoms with E-state index in [1.807, 2.05) is 20.8 Å². The van der Waals surface area contributed by atoms with Gasteiger partial charge < -0.3 is 36.8 Å².